The first kappa shape index (κ1) is 20.8. The summed E-state index contributed by atoms with van der Waals surface area (Å²) >= 11 is 0. The van der Waals surface area contributed by atoms with E-state index in [9.17, 15) is 31.2 Å². The van der Waals surface area contributed by atoms with Crippen molar-refractivity contribution in [2.24, 2.45) is 0 Å². The first-order valence-electron chi connectivity index (χ1n) is 8.32. The Balaban J connectivity index is 1.98. The van der Waals surface area contributed by atoms with E-state index in [4.69, 9.17) is 0 Å². The molecule has 2 N–H and O–H groups in total. The SMILES string of the molecule is Cc1ccc(S(=O)(=O)N[C@@]2(C(F)(F)F)NC(=O)N(Cc3ccccc3)C2=O)cc1. The van der Waals surface area contributed by atoms with Crippen LogP contribution in [0.5, 0.6) is 0 Å². The number of sulfonamides is 1. The van der Waals surface area contributed by atoms with Gasteiger partial charge >= 0.3 is 12.2 Å². The van der Waals surface area contributed by atoms with Crippen LogP contribution in [-0.2, 0) is 21.4 Å². The number of nitrogens with zero attached hydrogens (tertiary/aromatic N) is 1. The van der Waals surface area contributed by atoms with E-state index >= 15 is 0 Å². The maximum atomic E-state index is 13.9. The van der Waals surface area contributed by atoms with Gasteiger partial charge in [-0.25, -0.2) is 13.2 Å². The molecule has 1 heterocycles. The number of urea groups is 1. The molecule has 0 aromatic heterocycles. The van der Waals surface area contributed by atoms with Crippen molar-refractivity contribution in [1.82, 2.24) is 14.9 Å². The summed E-state index contributed by atoms with van der Waals surface area (Å²) in [5, 5.41) is 1.49. The lowest BCUT2D eigenvalue weighted by Crippen LogP contribution is -2.69. The topological polar surface area (TPSA) is 95.6 Å². The summed E-state index contributed by atoms with van der Waals surface area (Å²) in [6.45, 7) is 1.22. The average molecular weight is 427 g/mol. The summed E-state index contributed by atoms with van der Waals surface area (Å²) in [7, 11) is -4.79. The third-order valence-electron chi connectivity index (χ3n) is 4.33. The molecule has 154 valence electrons. The highest BCUT2D eigenvalue weighted by Crippen LogP contribution is 2.35. The molecule has 0 radical (unpaired) electrons. The molecule has 11 heteroatoms. The van der Waals surface area contributed by atoms with E-state index in [0.717, 1.165) is 12.1 Å². The molecule has 1 aliphatic rings. The Bertz CT molecular complexity index is 1040. The molecule has 2 aromatic rings. The maximum Gasteiger partial charge on any atom is 0.435 e. The monoisotopic (exact) mass is 427 g/mol. The van der Waals surface area contributed by atoms with Gasteiger partial charge in [0.1, 0.15) is 0 Å². The van der Waals surface area contributed by atoms with Gasteiger partial charge in [-0.2, -0.15) is 17.9 Å². The van der Waals surface area contributed by atoms with Crippen molar-refractivity contribution in [3.05, 3.63) is 65.7 Å². The number of benzene rings is 2. The molecule has 0 bridgehead atoms. The Labute approximate surface area is 164 Å². The van der Waals surface area contributed by atoms with Gasteiger partial charge in [0.2, 0.25) is 10.0 Å². The highest BCUT2D eigenvalue weighted by molar-refractivity contribution is 7.89. The van der Waals surface area contributed by atoms with E-state index in [0.29, 0.717) is 16.0 Å². The largest absolute Gasteiger partial charge is 0.435 e. The molecule has 3 rings (SSSR count). The van der Waals surface area contributed by atoms with Gasteiger partial charge in [0.05, 0.1) is 11.4 Å². The summed E-state index contributed by atoms with van der Waals surface area (Å²) in [5.74, 6) is -1.76. The van der Waals surface area contributed by atoms with Gasteiger partial charge < -0.3 is 5.32 Å². The number of carbonyl (C=O) groups excluding carboxylic acids is 2. The summed E-state index contributed by atoms with van der Waals surface area (Å²) in [6.07, 6.45) is -5.43. The molecule has 29 heavy (non-hydrogen) atoms. The predicted molar refractivity (Wildman–Crippen MR) is 95.8 cm³/mol. The molecule has 2 aromatic carbocycles. The smallest absolute Gasteiger partial charge is 0.303 e. The van der Waals surface area contributed by atoms with Crippen molar-refractivity contribution >= 4 is 22.0 Å². The van der Waals surface area contributed by atoms with Crippen LogP contribution in [0.4, 0.5) is 18.0 Å². The Hall–Kier alpha value is -2.92. The van der Waals surface area contributed by atoms with E-state index in [-0.39, 0.29) is 0 Å². The fourth-order valence-electron chi connectivity index (χ4n) is 2.78. The van der Waals surface area contributed by atoms with Crippen LogP contribution in [0.3, 0.4) is 0 Å². The van der Waals surface area contributed by atoms with Gasteiger partial charge in [0, 0.05) is 0 Å². The minimum absolute atomic E-state index is 0.320. The van der Waals surface area contributed by atoms with E-state index in [1.54, 1.807) is 25.1 Å². The fourth-order valence-corrected chi connectivity index (χ4v) is 4.05. The van der Waals surface area contributed by atoms with Crippen molar-refractivity contribution in [1.29, 1.82) is 0 Å². The molecule has 1 atom stereocenters. The number of rotatable bonds is 5. The van der Waals surface area contributed by atoms with E-state index in [1.807, 2.05) is 0 Å². The zero-order valence-electron chi connectivity index (χ0n) is 15.0. The molecule has 1 fully saturated rings. The second-order valence-electron chi connectivity index (χ2n) is 6.47. The second-order valence-corrected chi connectivity index (χ2v) is 8.16. The first-order valence-corrected chi connectivity index (χ1v) is 9.80. The van der Waals surface area contributed by atoms with Gasteiger partial charge in [-0.05, 0) is 24.6 Å². The van der Waals surface area contributed by atoms with E-state index in [2.05, 4.69) is 0 Å². The van der Waals surface area contributed by atoms with Gasteiger partial charge in [0.15, 0.2) is 0 Å². The number of imide groups is 1. The van der Waals surface area contributed by atoms with Crippen LogP contribution in [-0.4, -0.2) is 37.1 Å². The van der Waals surface area contributed by atoms with Crippen LogP contribution in [0.1, 0.15) is 11.1 Å². The van der Waals surface area contributed by atoms with Crippen LogP contribution >= 0.6 is 0 Å². The summed E-state index contributed by atoms with van der Waals surface area (Å²) < 4.78 is 68.1. The lowest BCUT2D eigenvalue weighted by atomic mass is 10.1. The third kappa shape index (κ3) is 3.83. The minimum Gasteiger partial charge on any atom is -0.303 e. The summed E-state index contributed by atoms with van der Waals surface area (Å²) in [6, 6.07) is 11.5. The highest BCUT2D eigenvalue weighted by atomic mass is 32.2. The highest BCUT2D eigenvalue weighted by Gasteiger charge is 2.69. The number of nitrogens with one attached hydrogen (secondary N) is 2. The number of hydrogen-bond acceptors (Lipinski definition) is 4. The molecule has 0 unspecified atom stereocenters. The van der Waals surface area contributed by atoms with Gasteiger partial charge in [-0.1, -0.05) is 48.0 Å². The van der Waals surface area contributed by atoms with Crippen LogP contribution in [0, 0.1) is 6.92 Å². The summed E-state index contributed by atoms with van der Waals surface area (Å²) in [4.78, 5) is 24.7. The average Bonchev–Trinajstić information content (AvgIpc) is 2.87. The van der Waals surface area contributed by atoms with Crippen LogP contribution in [0.25, 0.3) is 0 Å². The molecule has 1 saturated heterocycles. The van der Waals surface area contributed by atoms with Crippen molar-refractivity contribution < 1.29 is 31.2 Å². The Morgan fingerprint density at radius 3 is 2.17 bits per heavy atom. The Morgan fingerprint density at radius 2 is 1.62 bits per heavy atom. The molecule has 0 aliphatic carbocycles. The van der Waals surface area contributed by atoms with Crippen LogP contribution < -0.4 is 10.0 Å². The van der Waals surface area contributed by atoms with Crippen LogP contribution in [0.15, 0.2) is 59.5 Å². The zero-order valence-corrected chi connectivity index (χ0v) is 15.8. The first-order chi connectivity index (χ1) is 13.5. The second kappa shape index (κ2) is 7.16. The molecular formula is C18H16F3N3O4S. The standard InChI is InChI=1S/C18H16F3N3O4S/c1-12-7-9-14(10-8-12)29(27,28)23-17(18(19,20)21)15(25)24(16(26)22-17)11-13-5-3-2-4-6-13/h2-10,23H,11H2,1H3,(H,22,26)/t17-/m0/s1. The Kier molecular flexibility index (Phi) is 5.13. The molecular weight excluding hydrogens is 411 g/mol. The lowest BCUT2D eigenvalue weighted by molar-refractivity contribution is -0.198. The molecule has 7 nitrogen and oxygen atoms in total. The number of carbonyl (C=O) groups is 2. The number of alkyl halides is 3. The molecule has 0 spiro atoms. The normalized spacial score (nSPS) is 20.1. The van der Waals surface area contributed by atoms with Crippen molar-refractivity contribution in [2.75, 3.05) is 0 Å². The third-order valence-corrected chi connectivity index (χ3v) is 5.80. The number of hydrogen-bond donors (Lipinski definition) is 2. The van der Waals surface area contributed by atoms with Crippen molar-refractivity contribution in [2.45, 2.75) is 30.2 Å². The zero-order chi connectivity index (χ0) is 21.4. The van der Waals surface area contributed by atoms with Gasteiger partial charge in [-0.15, -0.1) is 0 Å². The molecule has 0 saturated carbocycles. The minimum atomic E-state index is -5.43. The fraction of sp³-hybridized carbons (Fsp3) is 0.222. The molecule has 3 amide bonds. The van der Waals surface area contributed by atoms with Crippen molar-refractivity contribution in [3.63, 3.8) is 0 Å². The predicted octanol–water partition coefficient (Wildman–Crippen LogP) is 2.28. The number of aryl methyl sites for hydroxylation is 1. The van der Waals surface area contributed by atoms with Crippen molar-refractivity contribution in [3.8, 4) is 0 Å². The van der Waals surface area contributed by atoms with E-state index < -0.39 is 45.2 Å². The van der Waals surface area contributed by atoms with Crippen LogP contribution in [0.2, 0.25) is 0 Å². The summed E-state index contributed by atoms with van der Waals surface area (Å²) in [5.41, 5.74) is -2.72. The molecule has 1 aliphatic heterocycles. The maximum absolute atomic E-state index is 13.9. The quantitative estimate of drug-likeness (QED) is 0.716. The van der Waals surface area contributed by atoms with Gasteiger partial charge in [0.25, 0.3) is 11.6 Å². The lowest BCUT2D eigenvalue weighted by Gasteiger charge is -2.29. The number of amides is 3. The van der Waals surface area contributed by atoms with Gasteiger partial charge in [-0.3, -0.25) is 9.69 Å². The Morgan fingerprint density at radius 1 is 1.03 bits per heavy atom. The van der Waals surface area contributed by atoms with E-state index in [1.165, 1.54) is 34.3 Å². The number of halogens is 3.